The van der Waals surface area contributed by atoms with Crippen molar-refractivity contribution in [3.8, 4) is 0 Å². The summed E-state index contributed by atoms with van der Waals surface area (Å²) in [6.07, 6.45) is 2.23. The first-order chi connectivity index (χ1) is 8.40. The summed E-state index contributed by atoms with van der Waals surface area (Å²) in [6.45, 7) is 9.10. The maximum atomic E-state index is 11.8. The second-order valence-corrected chi connectivity index (χ2v) is 6.31. The molecule has 0 aliphatic carbocycles. The topological polar surface area (TPSA) is 58.8 Å². The fourth-order valence-electron chi connectivity index (χ4n) is 2.73. The number of ether oxygens (including phenoxy) is 1. The monoisotopic (exact) mass is 255 g/mol. The van der Waals surface area contributed by atoms with E-state index in [-0.39, 0.29) is 6.09 Å². The van der Waals surface area contributed by atoms with Gasteiger partial charge in [0.05, 0.1) is 0 Å². The number of hydrogen-bond donors (Lipinski definition) is 1. The molecule has 5 heteroatoms. The lowest BCUT2D eigenvalue weighted by atomic mass is 10.1. The van der Waals surface area contributed by atoms with E-state index in [1.165, 1.54) is 12.8 Å². The van der Waals surface area contributed by atoms with Gasteiger partial charge in [0.25, 0.3) is 0 Å². The van der Waals surface area contributed by atoms with Crippen LogP contribution >= 0.6 is 0 Å². The minimum atomic E-state index is -0.407. The van der Waals surface area contributed by atoms with Gasteiger partial charge < -0.3 is 15.4 Å². The van der Waals surface area contributed by atoms with Crippen molar-refractivity contribution in [1.29, 1.82) is 0 Å². The maximum absolute atomic E-state index is 11.8. The van der Waals surface area contributed by atoms with Crippen LogP contribution in [0.4, 0.5) is 4.79 Å². The predicted molar refractivity (Wildman–Crippen MR) is 70.4 cm³/mol. The van der Waals surface area contributed by atoms with Crippen molar-refractivity contribution in [2.75, 3.05) is 26.2 Å². The third kappa shape index (κ3) is 2.95. The van der Waals surface area contributed by atoms with Crippen molar-refractivity contribution < 1.29 is 9.53 Å². The smallest absolute Gasteiger partial charge is 0.410 e. The van der Waals surface area contributed by atoms with Crippen molar-refractivity contribution in [3.05, 3.63) is 0 Å². The van der Waals surface area contributed by atoms with Gasteiger partial charge in [0.2, 0.25) is 0 Å². The van der Waals surface area contributed by atoms with Gasteiger partial charge >= 0.3 is 6.09 Å². The van der Waals surface area contributed by atoms with Gasteiger partial charge in [0.15, 0.2) is 0 Å². The number of nitrogens with zero attached hydrogens (tertiary/aromatic N) is 2. The average Bonchev–Trinajstić information content (AvgIpc) is 2.60. The van der Waals surface area contributed by atoms with Gasteiger partial charge in [-0.05, 0) is 40.2 Å². The van der Waals surface area contributed by atoms with Crippen molar-refractivity contribution in [2.45, 2.75) is 51.3 Å². The largest absolute Gasteiger partial charge is 0.444 e. The molecule has 2 rings (SSSR count). The minimum Gasteiger partial charge on any atom is -0.444 e. The van der Waals surface area contributed by atoms with E-state index in [1.807, 2.05) is 20.8 Å². The van der Waals surface area contributed by atoms with Crippen LogP contribution in [0.15, 0.2) is 0 Å². The number of amides is 1. The van der Waals surface area contributed by atoms with Crippen molar-refractivity contribution in [3.63, 3.8) is 0 Å². The lowest BCUT2D eigenvalue weighted by molar-refractivity contribution is -0.0172. The highest BCUT2D eigenvalue weighted by atomic mass is 16.6. The van der Waals surface area contributed by atoms with Gasteiger partial charge in [-0.2, -0.15) is 0 Å². The quantitative estimate of drug-likeness (QED) is 0.800. The van der Waals surface area contributed by atoms with E-state index in [0.717, 1.165) is 26.2 Å². The Balaban J connectivity index is 1.78. The highest BCUT2D eigenvalue weighted by Crippen LogP contribution is 2.25. The summed E-state index contributed by atoms with van der Waals surface area (Å²) in [4.78, 5) is 16.1. The number of likely N-dealkylation sites (tertiary alicyclic amines) is 2. The maximum Gasteiger partial charge on any atom is 0.410 e. The van der Waals surface area contributed by atoms with E-state index in [1.54, 1.807) is 4.90 Å². The van der Waals surface area contributed by atoms with Crippen LogP contribution in [-0.4, -0.2) is 59.8 Å². The molecule has 2 saturated heterocycles. The molecule has 18 heavy (non-hydrogen) atoms. The van der Waals surface area contributed by atoms with Gasteiger partial charge in [-0.15, -0.1) is 0 Å². The number of hydrogen-bond acceptors (Lipinski definition) is 4. The molecule has 5 nitrogen and oxygen atoms in total. The third-order valence-electron chi connectivity index (χ3n) is 3.68. The molecule has 0 radical (unpaired) electrons. The molecule has 2 aliphatic rings. The van der Waals surface area contributed by atoms with Crippen molar-refractivity contribution in [2.24, 2.45) is 5.73 Å². The molecule has 0 spiro atoms. The Bertz CT molecular complexity index is 308. The zero-order valence-electron chi connectivity index (χ0n) is 11.7. The summed E-state index contributed by atoms with van der Waals surface area (Å²) in [6, 6.07) is 0.990. The van der Waals surface area contributed by atoms with Crippen molar-refractivity contribution in [1.82, 2.24) is 9.80 Å². The molecule has 2 heterocycles. The lowest BCUT2D eigenvalue weighted by Crippen LogP contribution is -2.63. The Labute approximate surface area is 109 Å². The normalized spacial score (nSPS) is 26.2. The van der Waals surface area contributed by atoms with E-state index in [9.17, 15) is 4.79 Å². The average molecular weight is 255 g/mol. The summed E-state index contributed by atoms with van der Waals surface area (Å²) in [5, 5.41) is 0. The molecular formula is C13H25N3O2. The van der Waals surface area contributed by atoms with E-state index >= 15 is 0 Å². The summed E-state index contributed by atoms with van der Waals surface area (Å²) in [5.41, 5.74) is 5.36. The molecule has 0 unspecified atom stereocenters. The SMILES string of the molecule is CC(C)(C)OC(=O)N1CC(N2CCC[C@@H]2CN)C1. The number of carbonyl (C=O) groups is 1. The van der Waals surface area contributed by atoms with Gasteiger partial charge in [-0.25, -0.2) is 4.79 Å². The molecule has 0 aromatic heterocycles. The molecule has 0 bridgehead atoms. The Morgan fingerprint density at radius 3 is 2.61 bits per heavy atom. The molecule has 0 aromatic rings. The summed E-state index contributed by atoms with van der Waals surface area (Å²) in [7, 11) is 0. The molecule has 2 N–H and O–H groups in total. The Hall–Kier alpha value is -0.810. The Morgan fingerprint density at radius 1 is 1.39 bits per heavy atom. The van der Waals surface area contributed by atoms with E-state index < -0.39 is 5.60 Å². The molecule has 1 amide bonds. The van der Waals surface area contributed by atoms with Crippen LogP contribution in [-0.2, 0) is 4.74 Å². The highest BCUT2D eigenvalue weighted by Gasteiger charge is 2.40. The fourth-order valence-corrected chi connectivity index (χ4v) is 2.73. The van der Waals surface area contributed by atoms with Crippen LogP contribution in [0.2, 0.25) is 0 Å². The first kappa shape index (κ1) is 13.6. The number of carbonyl (C=O) groups excluding carboxylic acids is 1. The molecule has 0 saturated carbocycles. The summed E-state index contributed by atoms with van der Waals surface area (Å²) in [5.74, 6) is 0. The summed E-state index contributed by atoms with van der Waals surface area (Å²) >= 11 is 0. The van der Waals surface area contributed by atoms with E-state index in [0.29, 0.717) is 12.1 Å². The van der Waals surface area contributed by atoms with Gasteiger partial charge in [-0.3, -0.25) is 4.90 Å². The van der Waals surface area contributed by atoms with Crippen LogP contribution in [0.5, 0.6) is 0 Å². The highest BCUT2D eigenvalue weighted by molar-refractivity contribution is 5.69. The van der Waals surface area contributed by atoms with Gasteiger partial charge in [-0.1, -0.05) is 0 Å². The first-order valence-corrected chi connectivity index (χ1v) is 6.84. The zero-order valence-corrected chi connectivity index (χ0v) is 11.7. The predicted octanol–water partition coefficient (Wildman–Crippen LogP) is 1.03. The van der Waals surface area contributed by atoms with Crippen LogP contribution in [0, 0.1) is 0 Å². The minimum absolute atomic E-state index is 0.192. The van der Waals surface area contributed by atoms with Gasteiger partial charge in [0.1, 0.15) is 5.60 Å². The summed E-state index contributed by atoms with van der Waals surface area (Å²) < 4.78 is 5.35. The zero-order chi connectivity index (χ0) is 13.3. The van der Waals surface area contributed by atoms with E-state index in [4.69, 9.17) is 10.5 Å². The lowest BCUT2D eigenvalue weighted by Gasteiger charge is -2.45. The van der Waals surface area contributed by atoms with E-state index in [2.05, 4.69) is 4.90 Å². The third-order valence-corrected chi connectivity index (χ3v) is 3.68. The Morgan fingerprint density at radius 2 is 2.06 bits per heavy atom. The fraction of sp³-hybridized carbons (Fsp3) is 0.923. The first-order valence-electron chi connectivity index (χ1n) is 6.84. The van der Waals surface area contributed by atoms with Crippen LogP contribution < -0.4 is 5.73 Å². The van der Waals surface area contributed by atoms with Crippen molar-refractivity contribution >= 4 is 6.09 Å². The molecule has 2 aliphatic heterocycles. The second-order valence-electron chi connectivity index (χ2n) is 6.31. The molecular weight excluding hydrogens is 230 g/mol. The van der Waals surface area contributed by atoms with Gasteiger partial charge in [0, 0.05) is 31.7 Å². The second kappa shape index (κ2) is 5.05. The molecule has 0 aromatic carbocycles. The number of nitrogens with two attached hydrogens (primary N) is 1. The van der Waals surface area contributed by atoms with Crippen LogP contribution in [0.25, 0.3) is 0 Å². The Kier molecular flexibility index (Phi) is 3.82. The molecule has 104 valence electrons. The standard InChI is InChI=1S/C13H25N3O2/c1-13(2,3)18-12(17)15-8-11(9-15)16-6-4-5-10(16)7-14/h10-11H,4-9,14H2,1-3H3/t10-/m1/s1. The number of rotatable bonds is 2. The molecule has 1 atom stereocenters. The van der Waals surface area contributed by atoms with Crippen LogP contribution in [0.1, 0.15) is 33.6 Å². The molecule has 2 fully saturated rings. The van der Waals surface area contributed by atoms with Crippen LogP contribution in [0.3, 0.4) is 0 Å².